The standard InChI is InChI=1S/C19H17ClN4O2/c1-12-14(19(26)21-2)6-5-8-16(12)23-18(25)13-10-22-24(11-13)17-9-4-3-7-15(17)20/h3-11H,1-2H3,(H,21,26)(H,23,25). The van der Waals surface area contributed by atoms with Crippen LogP contribution >= 0.6 is 11.6 Å². The fraction of sp³-hybridized carbons (Fsp3) is 0.105. The van der Waals surface area contributed by atoms with Crippen LogP contribution in [0.3, 0.4) is 0 Å². The van der Waals surface area contributed by atoms with E-state index in [1.165, 1.54) is 6.20 Å². The molecular formula is C19H17ClN4O2. The molecule has 1 heterocycles. The van der Waals surface area contributed by atoms with Gasteiger partial charge in [-0.25, -0.2) is 4.68 Å². The average Bonchev–Trinajstić information content (AvgIpc) is 3.13. The van der Waals surface area contributed by atoms with Crippen molar-refractivity contribution in [2.45, 2.75) is 6.92 Å². The lowest BCUT2D eigenvalue weighted by Crippen LogP contribution is -2.20. The molecule has 0 saturated carbocycles. The third kappa shape index (κ3) is 3.45. The smallest absolute Gasteiger partial charge is 0.258 e. The Balaban J connectivity index is 1.84. The quantitative estimate of drug-likeness (QED) is 0.740. The predicted octanol–water partition coefficient (Wildman–Crippen LogP) is 3.45. The Labute approximate surface area is 155 Å². The summed E-state index contributed by atoms with van der Waals surface area (Å²) >= 11 is 6.16. The lowest BCUT2D eigenvalue weighted by Gasteiger charge is -2.11. The van der Waals surface area contributed by atoms with E-state index in [4.69, 9.17) is 11.6 Å². The summed E-state index contributed by atoms with van der Waals surface area (Å²) in [6, 6.07) is 12.4. The topological polar surface area (TPSA) is 76.0 Å². The van der Waals surface area contributed by atoms with E-state index in [2.05, 4.69) is 15.7 Å². The number of carbonyl (C=O) groups excluding carboxylic acids is 2. The van der Waals surface area contributed by atoms with Gasteiger partial charge in [0, 0.05) is 24.5 Å². The molecule has 6 nitrogen and oxygen atoms in total. The van der Waals surface area contributed by atoms with Crippen molar-refractivity contribution >= 4 is 29.1 Å². The molecule has 0 aliphatic carbocycles. The Hall–Kier alpha value is -3.12. The number of rotatable bonds is 4. The van der Waals surface area contributed by atoms with Gasteiger partial charge in [-0.05, 0) is 36.8 Å². The third-order valence-electron chi connectivity index (χ3n) is 4.00. The van der Waals surface area contributed by atoms with Crippen LogP contribution in [-0.2, 0) is 0 Å². The maximum atomic E-state index is 12.5. The van der Waals surface area contributed by atoms with Gasteiger partial charge in [-0.15, -0.1) is 0 Å². The van der Waals surface area contributed by atoms with E-state index in [-0.39, 0.29) is 11.8 Å². The number of nitrogens with one attached hydrogen (secondary N) is 2. The minimum Gasteiger partial charge on any atom is -0.355 e. The SMILES string of the molecule is CNC(=O)c1cccc(NC(=O)c2cnn(-c3ccccc3Cl)c2)c1C. The van der Waals surface area contributed by atoms with Crippen LogP contribution in [-0.4, -0.2) is 28.6 Å². The zero-order chi connectivity index (χ0) is 18.7. The van der Waals surface area contributed by atoms with Crippen LogP contribution in [0.25, 0.3) is 5.69 Å². The van der Waals surface area contributed by atoms with Crippen LogP contribution in [0.1, 0.15) is 26.3 Å². The molecule has 0 aliphatic rings. The molecule has 132 valence electrons. The molecule has 3 rings (SSSR count). The largest absolute Gasteiger partial charge is 0.355 e. The minimum atomic E-state index is -0.319. The zero-order valence-corrected chi connectivity index (χ0v) is 15.0. The van der Waals surface area contributed by atoms with Crippen molar-refractivity contribution in [3.63, 3.8) is 0 Å². The van der Waals surface area contributed by atoms with Crippen molar-refractivity contribution in [1.82, 2.24) is 15.1 Å². The van der Waals surface area contributed by atoms with Crippen LogP contribution in [0.2, 0.25) is 5.02 Å². The molecule has 0 radical (unpaired) electrons. The molecule has 0 saturated heterocycles. The number of anilines is 1. The summed E-state index contributed by atoms with van der Waals surface area (Å²) in [4.78, 5) is 24.4. The number of halogens is 1. The van der Waals surface area contributed by atoms with Crippen molar-refractivity contribution < 1.29 is 9.59 Å². The summed E-state index contributed by atoms with van der Waals surface area (Å²) in [5.41, 5.74) is 2.85. The number of benzene rings is 2. The lowest BCUT2D eigenvalue weighted by atomic mass is 10.1. The summed E-state index contributed by atoms with van der Waals surface area (Å²) in [5, 5.41) is 10.1. The van der Waals surface area contributed by atoms with Gasteiger partial charge in [-0.2, -0.15) is 5.10 Å². The number of para-hydroxylation sites is 1. The van der Waals surface area contributed by atoms with Gasteiger partial charge in [-0.3, -0.25) is 9.59 Å². The highest BCUT2D eigenvalue weighted by Crippen LogP contribution is 2.21. The Morgan fingerprint density at radius 1 is 1.08 bits per heavy atom. The molecule has 0 fully saturated rings. The van der Waals surface area contributed by atoms with Crippen LogP contribution < -0.4 is 10.6 Å². The minimum absolute atomic E-state index is 0.204. The Kier molecular flexibility index (Phi) is 5.04. The van der Waals surface area contributed by atoms with Crippen LogP contribution in [0, 0.1) is 6.92 Å². The fourth-order valence-corrected chi connectivity index (χ4v) is 2.78. The number of amides is 2. The van der Waals surface area contributed by atoms with E-state index in [1.807, 2.05) is 18.2 Å². The summed E-state index contributed by atoms with van der Waals surface area (Å²) in [5.74, 6) is -0.523. The van der Waals surface area contributed by atoms with Crippen molar-refractivity contribution in [3.8, 4) is 5.69 Å². The lowest BCUT2D eigenvalue weighted by molar-refractivity contribution is 0.0960. The molecule has 1 aromatic heterocycles. The molecule has 2 aromatic carbocycles. The molecular weight excluding hydrogens is 352 g/mol. The molecule has 2 amide bonds. The van der Waals surface area contributed by atoms with Crippen LogP contribution in [0.4, 0.5) is 5.69 Å². The summed E-state index contributed by atoms with van der Waals surface area (Å²) < 4.78 is 1.55. The number of nitrogens with zero attached hydrogens (tertiary/aromatic N) is 2. The van der Waals surface area contributed by atoms with Gasteiger partial charge in [0.1, 0.15) is 0 Å². The Morgan fingerprint density at radius 3 is 2.58 bits per heavy atom. The number of hydrogen-bond donors (Lipinski definition) is 2. The molecule has 2 N–H and O–H groups in total. The van der Waals surface area contributed by atoms with Crippen molar-refractivity contribution in [2.75, 3.05) is 12.4 Å². The molecule has 26 heavy (non-hydrogen) atoms. The fourth-order valence-electron chi connectivity index (χ4n) is 2.56. The average molecular weight is 369 g/mol. The third-order valence-corrected chi connectivity index (χ3v) is 4.32. The first-order chi connectivity index (χ1) is 12.5. The normalized spacial score (nSPS) is 10.4. The van der Waals surface area contributed by atoms with E-state index in [1.54, 1.807) is 49.1 Å². The highest BCUT2D eigenvalue weighted by Gasteiger charge is 2.15. The zero-order valence-electron chi connectivity index (χ0n) is 14.3. The molecule has 0 spiro atoms. The van der Waals surface area contributed by atoms with Gasteiger partial charge in [0.05, 0.1) is 22.5 Å². The molecule has 3 aromatic rings. The van der Waals surface area contributed by atoms with E-state index < -0.39 is 0 Å². The molecule has 0 bridgehead atoms. The highest BCUT2D eigenvalue weighted by atomic mass is 35.5. The first-order valence-corrected chi connectivity index (χ1v) is 8.31. The first kappa shape index (κ1) is 17.7. The van der Waals surface area contributed by atoms with Gasteiger partial charge in [0.2, 0.25) is 0 Å². The number of hydrogen-bond acceptors (Lipinski definition) is 3. The van der Waals surface area contributed by atoms with Crippen molar-refractivity contribution in [1.29, 1.82) is 0 Å². The van der Waals surface area contributed by atoms with E-state index >= 15 is 0 Å². The van der Waals surface area contributed by atoms with Crippen molar-refractivity contribution in [3.05, 3.63) is 76.6 Å². The molecule has 0 aliphatic heterocycles. The molecule has 0 atom stereocenters. The van der Waals surface area contributed by atoms with E-state index in [0.29, 0.717) is 33.1 Å². The van der Waals surface area contributed by atoms with Gasteiger partial charge < -0.3 is 10.6 Å². The maximum Gasteiger partial charge on any atom is 0.258 e. The van der Waals surface area contributed by atoms with Gasteiger partial charge in [0.15, 0.2) is 0 Å². The molecule has 7 heteroatoms. The highest BCUT2D eigenvalue weighted by molar-refractivity contribution is 6.32. The number of carbonyl (C=O) groups is 2. The van der Waals surface area contributed by atoms with E-state index in [0.717, 1.165) is 0 Å². The van der Waals surface area contributed by atoms with Gasteiger partial charge >= 0.3 is 0 Å². The maximum absolute atomic E-state index is 12.5. The predicted molar refractivity (Wildman–Crippen MR) is 101 cm³/mol. The first-order valence-electron chi connectivity index (χ1n) is 7.94. The second-order valence-corrected chi connectivity index (χ2v) is 6.04. The molecule has 0 unspecified atom stereocenters. The second-order valence-electron chi connectivity index (χ2n) is 5.64. The van der Waals surface area contributed by atoms with Crippen molar-refractivity contribution in [2.24, 2.45) is 0 Å². The Bertz CT molecular complexity index is 981. The van der Waals surface area contributed by atoms with E-state index in [9.17, 15) is 9.59 Å². The second kappa shape index (κ2) is 7.41. The Morgan fingerprint density at radius 2 is 1.85 bits per heavy atom. The van der Waals surface area contributed by atoms with Gasteiger partial charge in [0.25, 0.3) is 11.8 Å². The number of aromatic nitrogens is 2. The summed E-state index contributed by atoms with van der Waals surface area (Å²) in [6.45, 7) is 1.79. The van der Waals surface area contributed by atoms with Gasteiger partial charge in [-0.1, -0.05) is 29.8 Å². The summed E-state index contributed by atoms with van der Waals surface area (Å²) in [6.07, 6.45) is 3.07. The monoisotopic (exact) mass is 368 g/mol. The van der Waals surface area contributed by atoms with Crippen LogP contribution in [0.15, 0.2) is 54.9 Å². The summed E-state index contributed by atoms with van der Waals surface area (Å²) in [7, 11) is 1.57. The van der Waals surface area contributed by atoms with Crippen LogP contribution in [0.5, 0.6) is 0 Å².